The van der Waals surface area contributed by atoms with Gasteiger partial charge in [-0.15, -0.1) is 0 Å². The van der Waals surface area contributed by atoms with Crippen LogP contribution in [-0.4, -0.2) is 35.0 Å². The van der Waals surface area contributed by atoms with Crippen LogP contribution in [0, 0.1) is 47.3 Å². The highest BCUT2D eigenvalue weighted by atomic mass is 16.4. The molecule has 0 spiro atoms. The number of carbonyl (C=O) groups is 2. The highest BCUT2D eigenvalue weighted by Gasteiger charge is 2.68. The Morgan fingerprint density at radius 3 is 2.10 bits per heavy atom. The molecule has 0 aromatic rings. The van der Waals surface area contributed by atoms with Crippen molar-refractivity contribution in [3.63, 3.8) is 0 Å². The molecular weight excluding hydrogens is 266 g/mol. The van der Waals surface area contributed by atoms with Crippen molar-refractivity contribution >= 4 is 11.9 Å². The van der Waals surface area contributed by atoms with Gasteiger partial charge in [0.1, 0.15) is 0 Å². The molecule has 5 aliphatic rings. The summed E-state index contributed by atoms with van der Waals surface area (Å²) < 4.78 is 0. The van der Waals surface area contributed by atoms with E-state index in [2.05, 4.69) is 0 Å². The fourth-order valence-corrected chi connectivity index (χ4v) is 6.14. The summed E-state index contributed by atoms with van der Waals surface area (Å²) in [5, 5.41) is 9.43. The number of rotatable bonds is 3. The molecule has 21 heavy (non-hydrogen) atoms. The molecule has 5 rings (SSSR count). The number of nitrogens with zero attached hydrogens (tertiary/aromatic N) is 1. The molecule has 2 bridgehead atoms. The van der Waals surface area contributed by atoms with E-state index >= 15 is 0 Å². The molecule has 0 aromatic carbocycles. The number of hydrogen-bond acceptors (Lipinski definition) is 2. The summed E-state index contributed by atoms with van der Waals surface area (Å²) in [4.78, 5) is 26.2. The fraction of sp³-hybridized carbons (Fsp3) is 0.882. The number of amides is 1. The number of aliphatic carboxylic acids is 1. The van der Waals surface area contributed by atoms with Crippen molar-refractivity contribution in [2.75, 3.05) is 13.1 Å². The van der Waals surface area contributed by atoms with Crippen LogP contribution in [-0.2, 0) is 9.59 Å². The van der Waals surface area contributed by atoms with Crippen LogP contribution in [0.2, 0.25) is 0 Å². The lowest BCUT2D eigenvalue weighted by Crippen LogP contribution is -2.33. The van der Waals surface area contributed by atoms with Crippen molar-refractivity contribution in [3.8, 4) is 0 Å². The molecule has 4 aliphatic carbocycles. The van der Waals surface area contributed by atoms with Crippen molar-refractivity contribution in [2.45, 2.75) is 32.1 Å². The molecule has 4 heteroatoms. The number of carboxylic acid groups (broad SMARTS) is 1. The molecule has 1 saturated heterocycles. The monoisotopic (exact) mass is 289 g/mol. The molecule has 1 N–H and O–H groups in total. The predicted molar refractivity (Wildman–Crippen MR) is 75.2 cm³/mol. The quantitative estimate of drug-likeness (QED) is 0.862. The molecule has 6 atom stereocenters. The largest absolute Gasteiger partial charge is 0.481 e. The molecule has 1 aliphatic heterocycles. The minimum atomic E-state index is -0.696. The van der Waals surface area contributed by atoms with E-state index in [1.54, 1.807) is 0 Å². The zero-order valence-electron chi connectivity index (χ0n) is 12.3. The standard InChI is InChI=1S/C17H23NO3/c19-16(15-13-9-3-4-10(5-9)14(13)15)18-6-11(8-1-2-8)12(7-18)17(20)21/h8-15H,1-7H2,(H,20,21)/t9?,10?,11-,12+,13?,14?,15?/m1/s1. The summed E-state index contributed by atoms with van der Waals surface area (Å²) in [5.41, 5.74) is 0. The third kappa shape index (κ3) is 1.68. The topological polar surface area (TPSA) is 57.6 Å². The van der Waals surface area contributed by atoms with Crippen molar-refractivity contribution in [3.05, 3.63) is 0 Å². The third-order valence-corrected chi connectivity index (χ3v) is 7.24. The molecule has 114 valence electrons. The average molecular weight is 289 g/mol. The third-order valence-electron chi connectivity index (χ3n) is 7.24. The van der Waals surface area contributed by atoms with Gasteiger partial charge in [0, 0.05) is 19.0 Å². The van der Waals surface area contributed by atoms with Gasteiger partial charge in [0.2, 0.25) is 5.91 Å². The van der Waals surface area contributed by atoms with Crippen LogP contribution in [0.5, 0.6) is 0 Å². The average Bonchev–Trinajstić information content (AvgIpc) is 3.32. The lowest BCUT2D eigenvalue weighted by molar-refractivity contribution is -0.142. The lowest BCUT2D eigenvalue weighted by atomic mass is 9.92. The van der Waals surface area contributed by atoms with Gasteiger partial charge in [0.25, 0.3) is 0 Å². The molecule has 5 fully saturated rings. The summed E-state index contributed by atoms with van der Waals surface area (Å²) in [6.45, 7) is 1.19. The van der Waals surface area contributed by atoms with Crippen molar-refractivity contribution in [2.24, 2.45) is 47.3 Å². The first-order valence-corrected chi connectivity index (χ1v) is 8.66. The van der Waals surface area contributed by atoms with E-state index in [9.17, 15) is 14.7 Å². The first kappa shape index (κ1) is 12.5. The van der Waals surface area contributed by atoms with Gasteiger partial charge in [-0.3, -0.25) is 9.59 Å². The fourth-order valence-electron chi connectivity index (χ4n) is 6.14. The highest BCUT2D eigenvalue weighted by Crippen LogP contribution is 2.69. The van der Waals surface area contributed by atoms with Gasteiger partial charge < -0.3 is 10.0 Å². The van der Waals surface area contributed by atoms with Gasteiger partial charge in [0.15, 0.2) is 0 Å². The molecule has 1 heterocycles. The number of likely N-dealkylation sites (tertiary alicyclic amines) is 1. The van der Waals surface area contributed by atoms with E-state index in [0.717, 1.165) is 24.7 Å². The van der Waals surface area contributed by atoms with E-state index in [1.807, 2.05) is 4.90 Å². The van der Waals surface area contributed by atoms with Gasteiger partial charge in [0.05, 0.1) is 5.92 Å². The zero-order chi connectivity index (χ0) is 14.3. The summed E-state index contributed by atoms with van der Waals surface area (Å²) >= 11 is 0. The Hall–Kier alpha value is -1.06. The normalized spacial score (nSPS) is 50.3. The maximum Gasteiger partial charge on any atom is 0.308 e. The van der Waals surface area contributed by atoms with Crippen LogP contribution in [0.1, 0.15) is 32.1 Å². The van der Waals surface area contributed by atoms with Crippen LogP contribution in [0.4, 0.5) is 0 Å². The second kappa shape index (κ2) is 4.02. The smallest absolute Gasteiger partial charge is 0.308 e. The van der Waals surface area contributed by atoms with Gasteiger partial charge in [-0.1, -0.05) is 0 Å². The van der Waals surface area contributed by atoms with E-state index in [4.69, 9.17) is 0 Å². The minimum absolute atomic E-state index is 0.224. The Morgan fingerprint density at radius 2 is 1.52 bits per heavy atom. The second-order valence-electron chi connectivity index (χ2n) is 8.20. The van der Waals surface area contributed by atoms with Crippen LogP contribution >= 0.6 is 0 Å². The van der Waals surface area contributed by atoms with Crippen LogP contribution in [0.15, 0.2) is 0 Å². The Kier molecular flexibility index (Phi) is 2.39. The van der Waals surface area contributed by atoms with E-state index in [-0.39, 0.29) is 17.8 Å². The van der Waals surface area contributed by atoms with Gasteiger partial charge in [-0.25, -0.2) is 0 Å². The Labute approximate surface area is 124 Å². The Balaban J connectivity index is 1.31. The summed E-state index contributed by atoms with van der Waals surface area (Å²) in [6.07, 6.45) is 6.35. The number of carboxylic acids is 1. The van der Waals surface area contributed by atoms with Crippen LogP contribution < -0.4 is 0 Å². The van der Waals surface area contributed by atoms with Crippen molar-refractivity contribution in [1.29, 1.82) is 0 Å². The van der Waals surface area contributed by atoms with E-state index < -0.39 is 5.97 Å². The highest BCUT2D eigenvalue weighted by molar-refractivity contribution is 5.84. The van der Waals surface area contributed by atoms with E-state index in [1.165, 1.54) is 19.3 Å². The minimum Gasteiger partial charge on any atom is -0.481 e. The molecule has 0 radical (unpaired) electrons. The Bertz CT molecular complexity index is 498. The first-order chi connectivity index (χ1) is 10.1. The maximum absolute atomic E-state index is 12.8. The lowest BCUT2D eigenvalue weighted by Gasteiger charge is -2.18. The Morgan fingerprint density at radius 1 is 0.905 bits per heavy atom. The summed E-state index contributed by atoms with van der Waals surface area (Å²) in [7, 11) is 0. The van der Waals surface area contributed by atoms with Gasteiger partial charge >= 0.3 is 5.97 Å². The predicted octanol–water partition coefficient (Wildman–Crippen LogP) is 1.85. The van der Waals surface area contributed by atoms with Crippen molar-refractivity contribution < 1.29 is 14.7 Å². The zero-order valence-corrected chi connectivity index (χ0v) is 12.3. The van der Waals surface area contributed by atoms with Crippen LogP contribution in [0.25, 0.3) is 0 Å². The summed E-state index contributed by atoms with van der Waals surface area (Å²) in [6, 6.07) is 0. The van der Waals surface area contributed by atoms with E-state index in [0.29, 0.717) is 36.8 Å². The maximum atomic E-state index is 12.8. The van der Waals surface area contributed by atoms with Crippen LogP contribution in [0.3, 0.4) is 0 Å². The van der Waals surface area contributed by atoms with Crippen molar-refractivity contribution in [1.82, 2.24) is 4.90 Å². The summed E-state index contributed by atoms with van der Waals surface area (Å²) in [5.74, 6) is 3.31. The number of hydrogen-bond donors (Lipinski definition) is 1. The molecule has 4 nitrogen and oxygen atoms in total. The molecular formula is C17H23NO3. The molecule has 1 amide bonds. The first-order valence-electron chi connectivity index (χ1n) is 8.66. The molecule has 4 saturated carbocycles. The second-order valence-corrected chi connectivity index (χ2v) is 8.20. The van der Waals surface area contributed by atoms with Gasteiger partial charge in [-0.05, 0) is 67.6 Å². The number of fused-ring (bicyclic) bond motifs is 5. The van der Waals surface area contributed by atoms with Gasteiger partial charge in [-0.2, -0.15) is 0 Å². The molecule has 0 aromatic heterocycles. The number of carbonyl (C=O) groups excluding carboxylic acids is 1. The molecule has 4 unspecified atom stereocenters. The SMILES string of the molecule is O=C(O)[C@H]1CN(C(=O)C2C3C4CCC(C4)C23)C[C@@H]1C1CC1.